The Morgan fingerprint density at radius 1 is 0.472 bits per heavy atom. The van der Waals surface area contributed by atoms with Gasteiger partial charge in [-0.15, -0.1) is 0 Å². The predicted octanol–water partition coefficient (Wildman–Crippen LogP) is 9.21. The van der Waals surface area contributed by atoms with E-state index in [9.17, 15) is 9.59 Å². The van der Waals surface area contributed by atoms with Gasteiger partial charge in [0.1, 0.15) is 6.42 Å². The van der Waals surface area contributed by atoms with Crippen molar-refractivity contribution in [1.29, 1.82) is 0 Å². The third kappa shape index (κ3) is 28.5. The summed E-state index contributed by atoms with van der Waals surface area (Å²) in [6.07, 6.45) is 27.1. The molecule has 0 aliphatic rings. The van der Waals surface area contributed by atoms with E-state index in [4.69, 9.17) is 9.47 Å². The first kappa shape index (κ1) is 38.1. The summed E-state index contributed by atoms with van der Waals surface area (Å²) in [7, 11) is 0. The topological polar surface area (TPSA) is 52.6 Å². The predicted molar refractivity (Wildman–Crippen MR) is 156 cm³/mol. The van der Waals surface area contributed by atoms with Crippen molar-refractivity contribution in [3.63, 3.8) is 0 Å². The average Bonchev–Trinajstić information content (AvgIpc) is 2.81. The van der Waals surface area contributed by atoms with Gasteiger partial charge in [-0.05, 0) is 39.5 Å². The maximum atomic E-state index is 12.0. The second-order valence-corrected chi connectivity index (χ2v) is 10.7. The molecule has 0 aromatic rings. The Morgan fingerprint density at radius 2 is 0.722 bits per heavy atom. The molecule has 4 nitrogen and oxygen atoms in total. The van der Waals surface area contributed by atoms with Gasteiger partial charge in [-0.25, -0.2) is 0 Å². The number of unbranched alkanes of at least 4 members (excludes halogenated alkanes) is 18. The zero-order valence-electron chi connectivity index (χ0n) is 24.1. The first-order chi connectivity index (χ1) is 17.0. The molecule has 0 aromatic carbocycles. The van der Waals surface area contributed by atoms with Gasteiger partial charge in [0, 0.05) is 0 Å². The Kier molecular flexibility index (Phi) is 31.2. The number of ether oxygens (including phenoxy) is 2. The molecule has 0 bridgehead atoms. The molecule has 36 heavy (non-hydrogen) atoms. The monoisotopic (exact) mass is 520 g/mol. The Morgan fingerprint density at radius 3 is 1.00 bits per heavy atom. The molecule has 0 heterocycles. The summed E-state index contributed by atoms with van der Waals surface area (Å²) < 4.78 is 10.8. The van der Waals surface area contributed by atoms with Gasteiger partial charge in [-0.1, -0.05) is 129 Å². The van der Waals surface area contributed by atoms with Gasteiger partial charge in [-0.2, -0.15) is 0 Å². The zero-order chi connectivity index (χ0) is 26.0. The minimum atomic E-state index is -0.458. The van der Waals surface area contributed by atoms with Crippen LogP contribution in [0, 0.1) is 0 Å². The van der Waals surface area contributed by atoms with Gasteiger partial charge in [0.2, 0.25) is 0 Å². The Bertz CT molecular complexity index is 441. The molecule has 0 fully saturated rings. The summed E-state index contributed by atoms with van der Waals surface area (Å²) in [5.74, 6) is -0.915. The second-order valence-electron chi connectivity index (χ2n) is 10.7. The molecule has 0 aliphatic carbocycles. The van der Waals surface area contributed by atoms with Gasteiger partial charge in [0.15, 0.2) is 0 Å². The van der Waals surface area contributed by atoms with E-state index < -0.39 is 11.9 Å². The molecule has 0 N–H and O–H groups in total. The van der Waals surface area contributed by atoms with Crippen LogP contribution in [0.3, 0.4) is 0 Å². The van der Waals surface area contributed by atoms with Gasteiger partial charge in [-0.3, -0.25) is 9.59 Å². The van der Waals surface area contributed by atoms with E-state index in [-0.39, 0.29) is 48.2 Å². The van der Waals surface area contributed by atoms with Crippen molar-refractivity contribution in [1.82, 2.24) is 0 Å². The van der Waals surface area contributed by atoms with Crippen molar-refractivity contribution in [2.24, 2.45) is 0 Å². The van der Waals surface area contributed by atoms with Crippen LogP contribution in [0.15, 0.2) is 0 Å². The molecule has 0 spiro atoms. The molecule has 0 saturated heterocycles. The van der Waals surface area contributed by atoms with Crippen molar-refractivity contribution < 1.29 is 19.1 Å². The van der Waals surface area contributed by atoms with Crippen LogP contribution in [-0.2, 0) is 19.1 Å². The average molecular weight is 521 g/mol. The van der Waals surface area contributed by atoms with Crippen molar-refractivity contribution >= 4 is 41.5 Å². The minimum absolute atomic E-state index is 0. The Labute approximate surface area is 247 Å². The summed E-state index contributed by atoms with van der Waals surface area (Å²) in [4.78, 5) is 24.1. The van der Waals surface area contributed by atoms with Gasteiger partial charge in [0.25, 0.3) is 0 Å². The van der Waals surface area contributed by atoms with Gasteiger partial charge < -0.3 is 9.47 Å². The fourth-order valence-corrected chi connectivity index (χ4v) is 4.61. The SMILES string of the molecule is CCCCCCCCCCCCC(C)OC(=O)CC(=O)OC(C)CCCCCCCCCCCC.[NaH]. The van der Waals surface area contributed by atoms with Crippen molar-refractivity contribution in [2.45, 2.75) is 188 Å². The molecule has 0 aliphatic heterocycles. The van der Waals surface area contributed by atoms with Gasteiger partial charge in [0.05, 0.1) is 12.2 Å². The number of rotatable bonds is 26. The first-order valence-corrected chi connectivity index (χ1v) is 15.4. The molecule has 0 radical (unpaired) electrons. The van der Waals surface area contributed by atoms with E-state index >= 15 is 0 Å². The van der Waals surface area contributed by atoms with E-state index in [2.05, 4.69) is 13.8 Å². The third-order valence-electron chi connectivity index (χ3n) is 6.88. The fourth-order valence-electron chi connectivity index (χ4n) is 4.61. The summed E-state index contributed by atoms with van der Waals surface area (Å²) in [5, 5.41) is 0. The zero-order valence-corrected chi connectivity index (χ0v) is 24.1. The van der Waals surface area contributed by atoms with Crippen LogP contribution in [0.2, 0.25) is 0 Å². The number of carbonyl (C=O) groups is 2. The molecule has 5 heteroatoms. The molecule has 2 atom stereocenters. The van der Waals surface area contributed by atoms with Crippen LogP contribution >= 0.6 is 0 Å². The van der Waals surface area contributed by atoms with Gasteiger partial charge >= 0.3 is 41.5 Å². The molecule has 0 aromatic heterocycles. The second kappa shape index (κ2) is 29.5. The molecular formula is C31H61NaO4. The van der Waals surface area contributed by atoms with Crippen LogP contribution < -0.4 is 0 Å². The first-order valence-electron chi connectivity index (χ1n) is 15.4. The van der Waals surface area contributed by atoms with Crippen LogP contribution in [0.5, 0.6) is 0 Å². The molecule has 2 unspecified atom stereocenters. The van der Waals surface area contributed by atoms with Crippen molar-refractivity contribution in [3.05, 3.63) is 0 Å². The Hall–Kier alpha value is -0.0600. The molecule has 210 valence electrons. The van der Waals surface area contributed by atoms with Crippen LogP contribution in [-0.4, -0.2) is 53.7 Å². The standard InChI is InChI=1S/C31H60O4.Na.H/c1-5-7-9-11-13-15-17-19-21-23-25-28(3)34-30(32)27-31(33)35-29(4)26-24-22-20-18-16-14-12-10-8-6-2;;/h28-29H,5-27H2,1-4H3;;. The summed E-state index contributed by atoms with van der Waals surface area (Å²) in [6, 6.07) is 0. The molecule has 0 amide bonds. The van der Waals surface area contributed by atoms with E-state index in [0.29, 0.717) is 0 Å². The van der Waals surface area contributed by atoms with Crippen LogP contribution in [0.25, 0.3) is 0 Å². The van der Waals surface area contributed by atoms with E-state index in [1.165, 1.54) is 116 Å². The fraction of sp³-hybridized carbons (Fsp3) is 0.935. The normalized spacial score (nSPS) is 12.6. The van der Waals surface area contributed by atoms with E-state index in [1.807, 2.05) is 13.8 Å². The number of carbonyl (C=O) groups excluding carboxylic acids is 2. The van der Waals surface area contributed by atoms with E-state index in [0.717, 1.165) is 25.7 Å². The molecule has 0 saturated carbocycles. The summed E-state index contributed by atoms with van der Waals surface area (Å²) >= 11 is 0. The van der Waals surface area contributed by atoms with Crippen molar-refractivity contribution in [3.8, 4) is 0 Å². The maximum absolute atomic E-state index is 12.0. The molecule has 0 rings (SSSR count). The summed E-state index contributed by atoms with van der Waals surface area (Å²) in [5.41, 5.74) is 0. The number of hydrogen-bond acceptors (Lipinski definition) is 4. The summed E-state index contributed by atoms with van der Waals surface area (Å²) in [6.45, 7) is 8.35. The third-order valence-corrected chi connectivity index (χ3v) is 6.88. The van der Waals surface area contributed by atoms with E-state index in [1.54, 1.807) is 0 Å². The Balaban J connectivity index is 0. The van der Waals surface area contributed by atoms with Crippen molar-refractivity contribution in [2.75, 3.05) is 0 Å². The molecular weight excluding hydrogens is 459 g/mol. The van der Waals surface area contributed by atoms with Crippen LogP contribution in [0.4, 0.5) is 0 Å². The van der Waals surface area contributed by atoms with Crippen LogP contribution in [0.1, 0.15) is 175 Å². The quantitative estimate of drug-likeness (QED) is 0.0493. The number of hydrogen-bond donors (Lipinski definition) is 0. The number of esters is 2.